The van der Waals surface area contributed by atoms with Crippen molar-refractivity contribution in [1.82, 2.24) is 0 Å². The number of esters is 1. The lowest BCUT2D eigenvalue weighted by molar-refractivity contribution is -0.119. The minimum absolute atomic E-state index is 0.0529. The maximum Gasteiger partial charge on any atom is 0.387 e. The molecule has 1 amide bonds. The summed E-state index contributed by atoms with van der Waals surface area (Å²) in [7, 11) is 0. The third kappa shape index (κ3) is 6.08. The van der Waals surface area contributed by atoms with E-state index in [9.17, 15) is 18.4 Å². The summed E-state index contributed by atoms with van der Waals surface area (Å²) in [4.78, 5) is 25.1. The number of rotatable bonds is 9. The molecule has 180 valence electrons. The highest BCUT2D eigenvalue weighted by Crippen LogP contribution is 2.35. The van der Waals surface area contributed by atoms with E-state index in [2.05, 4.69) is 10.1 Å². The largest absolute Gasteiger partial charge is 0.450 e. The van der Waals surface area contributed by atoms with Gasteiger partial charge in [0.25, 0.3) is 5.91 Å². The number of anilines is 1. The molecule has 0 unspecified atom stereocenters. The molecule has 1 aromatic heterocycles. The first-order valence-electron chi connectivity index (χ1n) is 11.1. The zero-order chi connectivity index (χ0) is 23.9. The molecule has 0 bridgehead atoms. The topological polar surface area (TPSA) is 77.8 Å². The van der Waals surface area contributed by atoms with E-state index in [-0.39, 0.29) is 17.2 Å². The van der Waals surface area contributed by atoms with Gasteiger partial charge in [-0.15, -0.1) is 0 Å². The van der Waals surface area contributed by atoms with Crippen LogP contribution in [-0.4, -0.2) is 30.3 Å². The van der Waals surface area contributed by atoms with Crippen molar-refractivity contribution >= 4 is 40.3 Å². The second-order valence-electron chi connectivity index (χ2n) is 7.98. The molecule has 1 aliphatic rings. The molecule has 0 atom stereocenters. The van der Waals surface area contributed by atoms with E-state index in [0.29, 0.717) is 16.6 Å². The lowest BCUT2D eigenvalue weighted by atomic mass is 10.0. The third-order valence-corrected chi connectivity index (χ3v) is 7.01. The fourth-order valence-electron chi connectivity index (χ4n) is 3.99. The summed E-state index contributed by atoms with van der Waals surface area (Å²) in [5.74, 6) is -0.928. The molecule has 1 N–H and O–H groups in total. The first kappa shape index (κ1) is 24.1. The van der Waals surface area contributed by atoms with Crippen LogP contribution in [0.1, 0.15) is 48.2 Å². The van der Waals surface area contributed by atoms with E-state index >= 15 is 0 Å². The minimum atomic E-state index is -3.03. The highest BCUT2D eigenvalue weighted by molar-refractivity contribution is 7.99. The maximum absolute atomic E-state index is 12.8. The van der Waals surface area contributed by atoms with E-state index in [0.717, 1.165) is 23.8 Å². The molecule has 6 nitrogen and oxygen atoms in total. The number of ether oxygens (including phenoxy) is 2. The van der Waals surface area contributed by atoms with Crippen LogP contribution in [0.4, 0.5) is 14.5 Å². The first-order valence-corrected chi connectivity index (χ1v) is 12.2. The molecule has 4 rings (SSSR count). The van der Waals surface area contributed by atoms with Gasteiger partial charge in [0, 0.05) is 22.0 Å². The zero-order valence-electron chi connectivity index (χ0n) is 18.4. The molecule has 1 fully saturated rings. The number of benzene rings is 2. The number of alkyl halides is 2. The Morgan fingerprint density at radius 2 is 1.79 bits per heavy atom. The van der Waals surface area contributed by atoms with Crippen LogP contribution in [0.5, 0.6) is 5.75 Å². The highest BCUT2D eigenvalue weighted by atomic mass is 32.2. The van der Waals surface area contributed by atoms with E-state index in [1.165, 1.54) is 37.5 Å². The van der Waals surface area contributed by atoms with E-state index in [1.54, 1.807) is 12.1 Å². The molecule has 3 aromatic rings. The molecule has 0 aliphatic heterocycles. The normalized spacial score (nSPS) is 14.3. The molecule has 1 heterocycles. The molecule has 0 radical (unpaired) electrons. The molecule has 34 heavy (non-hydrogen) atoms. The standard InChI is InChI=1S/C25H25F2NO5S/c26-25(27)33-21-13-7-5-11-19(21)28-22(29)14-31-24(30)23-18(15-34-16-8-2-1-3-9-16)17-10-4-6-12-20(17)32-23/h4-7,10-13,16,25H,1-3,8-9,14-15H2,(H,28,29). The number of hydrogen-bond acceptors (Lipinski definition) is 6. The quantitative estimate of drug-likeness (QED) is 0.351. The lowest BCUT2D eigenvalue weighted by Gasteiger charge is -2.20. The second-order valence-corrected chi connectivity index (χ2v) is 9.26. The predicted octanol–water partition coefficient (Wildman–Crippen LogP) is 6.40. The number of halogens is 2. The van der Waals surface area contributed by atoms with Gasteiger partial charge in [-0.2, -0.15) is 20.5 Å². The van der Waals surface area contributed by atoms with Gasteiger partial charge in [-0.05, 0) is 31.0 Å². The average Bonchev–Trinajstić information content (AvgIpc) is 3.21. The van der Waals surface area contributed by atoms with Gasteiger partial charge in [-0.3, -0.25) is 4.79 Å². The second kappa shape index (κ2) is 11.4. The Kier molecular flexibility index (Phi) is 8.05. The van der Waals surface area contributed by atoms with E-state index in [1.807, 2.05) is 30.0 Å². The number of hydrogen-bond donors (Lipinski definition) is 1. The van der Waals surface area contributed by atoms with Crippen molar-refractivity contribution in [3.05, 3.63) is 59.9 Å². The maximum atomic E-state index is 12.8. The summed E-state index contributed by atoms with van der Waals surface area (Å²) in [5.41, 5.74) is 1.39. The summed E-state index contributed by atoms with van der Waals surface area (Å²) >= 11 is 1.81. The summed E-state index contributed by atoms with van der Waals surface area (Å²) in [5, 5.41) is 3.82. The minimum Gasteiger partial charge on any atom is -0.450 e. The number of para-hydroxylation sites is 3. The summed E-state index contributed by atoms with van der Waals surface area (Å²) in [6.07, 6.45) is 6.04. The van der Waals surface area contributed by atoms with Crippen LogP contribution in [0.3, 0.4) is 0 Å². The Morgan fingerprint density at radius 1 is 1.06 bits per heavy atom. The summed E-state index contributed by atoms with van der Waals surface area (Å²) in [6.45, 7) is -3.64. The van der Waals surface area contributed by atoms with Gasteiger partial charge >= 0.3 is 12.6 Å². The molecule has 0 spiro atoms. The number of carbonyl (C=O) groups excluding carboxylic acids is 2. The monoisotopic (exact) mass is 489 g/mol. The van der Waals surface area contributed by atoms with E-state index < -0.39 is 25.1 Å². The SMILES string of the molecule is O=C(COC(=O)c1oc2ccccc2c1CSC1CCCCC1)Nc1ccccc1OC(F)F. The van der Waals surface area contributed by atoms with E-state index in [4.69, 9.17) is 9.15 Å². The van der Waals surface area contributed by atoms with Gasteiger partial charge < -0.3 is 19.2 Å². The number of furan rings is 1. The van der Waals surface area contributed by atoms with Crippen LogP contribution >= 0.6 is 11.8 Å². The fourth-order valence-corrected chi connectivity index (χ4v) is 5.35. The van der Waals surface area contributed by atoms with Gasteiger partial charge in [-0.25, -0.2) is 4.79 Å². The Hall–Kier alpha value is -3.07. The van der Waals surface area contributed by atoms with Crippen molar-refractivity contribution in [3.63, 3.8) is 0 Å². The number of amides is 1. The molecule has 2 aromatic carbocycles. The Labute approximate surface area is 200 Å². The first-order chi connectivity index (χ1) is 16.5. The van der Waals surface area contributed by atoms with Crippen LogP contribution in [0.25, 0.3) is 11.0 Å². The Bertz CT molecular complexity index is 1140. The average molecular weight is 490 g/mol. The van der Waals surface area contributed by atoms with Crippen molar-refractivity contribution in [2.24, 2.45) is 0 Å². The summed E-state index contributed by atoms with van der Waals surface area (Å²) < 4.78 is 40.5. The van der Waals surface area contributed by atoms with Gasteiger partial charge in [0.1, 0.15) is 11.3 Å². The predicted molar refractivity (Wildman–Crippen MR) is 126 cm³/mol. The van der Waals surface area contributed by atoms with Crippen molar-refractivity contribution in [1.29, 1.82) is 0 Å². The number of nitrogens with one attached hydrogen (secondary N) is 1. The lowest BCUT2D eigenvalue weighted by Crippen LogP contribution is -2.21. The molecule has 0 saturated heterocycles. The van der Waals surface area contributed by atoms with Crippen LogP contribution in [0, 0.1) is 0 Å². The van der Waals surface area contributed by atoms with Gasteiger partial charge in [0.2, 0.25) is 5.76 Å². The molecular formula is C25H25F2NO5S. The van der Waals surface area contributed by atoms with Crippen molar-refractivity contribution < 1.29 is 32.3 Å². The number of fused-ring (bicyclic) bond motifs is 1. The van der Waals surface area contributed by atoms with Gasteiger partial charge in [0.15, 0.2) is 6.61 Å². The van der Waals surface area contributed by atoms with Crippen LogP contribution in [0.15, 0.2) is 52.9 Å². The summed E-state index contributed by atoms with van der Waals surface area (Å²) in [6, 6.07) is 13.2. The number of carbonyl (C=O) groups is 2. The fraction of sp³-hybridized carbons (Fsp3) is 0.360. The zero-order valence-corrected chi connectivity index (χ0v) is 19.2. The van der Waals surface area contributed by atoms with Crippen LogP contribution in [0.2, 0.25) is 0 Å². The Balaban J connectivity index is 1.42. The molecule has 9 heteroatoms. The molecular weight excluding hydrogens is 464 g/mol. The highest BCUT2D eigenvalue weighted by Gasteiger charge is 2.24. The number of thioether (sulfide) groups is 1. The Morgan fingerprint density at radius 3 is 2.59 bits per heavy atom. The van der Waals surface area contributed by atoms with Crippen molar-refractivity contribution in [2.45, 2.75) is 49.7 Å². The molecule has 1 saturated carbocycles. The smallest absolute Gasteiger partial charge is 0.387 e. The van der Waals surface area contributed by atoms with Crippen LogP contribution < -0.4 is 10.1 Å². The third-order valence-electron chi connectivity index (χ3n) is 5.61. The van der Waals surface area contributed by atoms with Crippen molar-refractivity contribution in [3.8, 4) is 5.75 Å². The van der Waals surface area contributed by atoms with Crippen LogP contribution in [-0.2, 0) is 15.3 Å². The van der Waals surface area contributed by atoms with Crippen molar-refractivity contribution in [2.75, 3.05) is 11.9 Å². The molecule has 1 aliphatic carbocycles. The van der Waals surface area contributed by atoms with Gasteiger partial charge in [-0.1, -0.05) is 49.6 Å². The van der Waals surface area contributed by atoms with Gasteiger partial charge in [0.05, 0.1) is 5.69 Å².